The van der Waals surface area contributed by atoms with Crippen LogP contribution >= 0.6 is 81.4 Å². The molecule has 5 atom stereocenters. The molecule has 1 fully saturated rings. The molecule has 214 valence electrons. The summed E-state index contributed by atoms with van der Waals surface area (Å²) in [5.74, 6) is -0.680. The van der Waals surface area contributed by atoms with E-state index in [1.807, 2.05) is 0 Å². The predicted molar refractivity (Wildman–Crippen MR) is 163 cm³/mol. The third-order valence-corrected chi connectivity index (χ3v) is 10.4. The standard InChI is InChI=1S/C28H24Cl6O5S/c1-14(35)39-26-28(38,13-17-4-7-20(31)11-23(17)34)27(37,12-16-3-6-19(30)10-22(16)33)25(40-26)24(36)8-15-2-5-18(29)9-21(15)32/h2-7,9-11,24-26,36-38H,8,12-13H2,1H3/t24?,25-,26-,27+,28+/m0/s1. The summed E-state index contributed by atoms with van der Waals surface area (Å²) in [7, 11) is 0. The van der Waals surface area contributed by atoms with E-state index in [0.717, 1.165) is 11.8 Å². The van der Waals surface area contributed by atoms with E-state index in [1.165, 1.54) is 19.1 Å². The molecule has 1 saturated heterocycles. The summed E-state index contributed by atoms with van der Waals surface area (Å²) in [4.78, 5) is 12.2. The van der Waals surface area contributed by atoms with Crippen molar-refractivity contribution in [1.29, 1.82) is 0 Å². The van der Waals surface area contributed by atoms with Crippen LogP contribution in [0.5, 0.6) is 0 Å². The molecule has 12 heteroatoms. The van der Waals surface area contributed by atoms with Crippen LogP contribution in [0.3, 0.4) is 0 Å². The molecular formula is C28H24Cl6O5S. The highest BCUT2D eigenvalue weighted by atomic mass is 35.5. The summed E-state index contributed by atoms with van der Waals surface area (Å²) in [5, 5.41) is 37.4. The van der Waals surface area contributed by atoms with Crippen molar-refractivity contribution in [2.45, 2.75) is 54.2 Å². The Kier molecular flexibility index (Phi) is 10.2. The highest BCUT2D eigenvalue weighted by Gasteiger charge is 2.67. The summed E-state index contributed by atoms with van der Waals surface area (Å²) >= 11 is 38.5. The van der Waals surface area contributed by atoms with Gasteiger partial charge >= 0.3 is 5.97 Å². The minimum absolute atomic E-state index is 0.00883. The van der Waals surface area contributed by atoms with Crippen LogP contribution in [0.2, 0.25) is 30.1 Å². The third-order valence-electron chi connectivity index (χ3n) is 6.90. The lowest BCUT2D eigenvalue weighted by atomic mass is 9.71. The van der Waals surface area contributed by atoms with Gasteiger partial charge in [-0.3, -0.25) is 4.79 Å². The lowest BCUT2D eigenvalue weighted by Gasteiger charge is -2.43. The molecular weight excluding hydrogens is 661 g/mol. The molecule has 3 N–H and O–H groups in total. The SMILES string of the molecule is CC(=O)O[C@H]1S[C@@H](C(O)Cc2ccc(Cl)cc2Cl)[C@](O)(Cc2ccc(Cl)cc2Cl)[C@@]1(O)Cc1ccc(Cl)cc1Cl. The number of esters is 1. The van der Waals surface area contributed by atoms with E-state index in [9.17, 15) is 20.1 Å². The zero-order valence-corrected chi connectivity index (χ0v) is 26.2. The maximum atomic E-state index is 12.5. The lowest BCUT2D eigenvalue weighted by molar-refractivity contribution is -0.191. The van der Waals surface area contributed by atoms with Gasteiger partial charge in [0.1, 0.15) is 11.2 Å². The molecule has 0 saturated carbocycles. The Morgan fingerprint density at radius 3 is 1.65 bits per heavy atom. The van der Waals surface area contributed by atoms with Gasteiger partial charge in [-0.15, -0.1) is 11.8 Å². The number of rotatable bonds is 8. The summed E-state index contributed by atoms with van der Waals surface area (Å²) in [5.41, 5.74) is -4.04. The van der Waals surface area contributed by atoms with Gasteiger partial charge in [0.15, 0.2) is 5.44 Å². The van der Waals surface area contributed by atoms with Gasteiger partial charge in [-0.25, -0.2) is 0 Å². The van der Waals surface area contributed by atoms with Crippen molar-refractivity contribution >= 4 is 87.3 Å². The van der Waals surface area contributed by atoms with Crippen LogP contribution in [0.4, 0.5) is 0 Å². The van der Waals surface area contributed by atoms with Crippen molar-refractivity contribution in [2.24, 2.45) is 0 Å². The smallest absolute Gasteiger partial charge is 0.303 e. The molecule has 0 amide bonds. The topological polar surface area (TPSA) is 87.0 Å². The van der Waals surface area contributed by atoms with E-state index >= 15 is 0 Å². The van der Waals surface area contributed by atoms with Crippen LogP contribution in [0.25, 0.3) is 0 Å². The minimum atomic E-state index is -2.14. The Labute approximate surface area is 266 Å². The predicted octanol–water partition coefficient (Wildman–Crippen LogP) is 7.46. The van der Waals surface area contributed by atoms with Gasteiger partial charge < -0.3 is 20.1 Å². The van der Waals surface area contributed by atoms with E-state index in [1.54, 1.807) is 42.5 Å². The molecule has 1 aliphatic rings. The highest BCUT2D eigenvalue weighted by molar-refractivity contribution is 8.00. The maximum absolute atomic E-state index is 12.5. The van der Waals surface area contributed by atoms with Crippen molar-refractivity contribution in [3.05, 3.63) is 101 Å². The molecule has 4 rings (SSSR count). The Morgan fingerprint density at radius 1 is 0.800 bits per heavy atom. The van der Waals surface area contributed by atoms with Crippen molar-refractivity contribution in [1.82, 2.24) is 0 Å². The summed E-state index contributed by atoms with van der Waals surface area (Å²) in [6, 6.07) is 14.3. The minimum Gasteiger partial charge on any atom is -0.448 e. The molecule has 1 aliphatic heterocycles. The van der Waals surface area contributed by atoms with Crippen LogP contribution < -0.4 is 0 Å². The normalized spacial score (nSPS) is 25.1. The van der Waals surface area contributed by atoms with Crippen LogP contribution in [-0.4, -0.2) is 49.3 Å². The Bertz CT molecular complexity index is 1420. The van der Waals surface area contributed by atoms with Gasteiger partial charge in [0.2, 0.25) is 0 Å². The van der Waals surface area contributed by atoms with E-state index in [-0.39, 0.29) is 29.3 Å². The van der Waals surface area contributed by atoms with E-state index in [0.29, 0.717) is 36.8 Å². The van der Waals surface area contributed by atoms with Gasteiger partial charge in [-0.2, -0.15) is 0 Å². The van der Waals surface area contributed by atoms with Gasteiger partial charge in [0.05, 0.1) is 11.4 Å². The molecule has 3 aromatic rings. The van der Waals surface area contributed by atoms with Crippen LogP contribution in [0, 0.1) is 0 Å². The first-order valence-corrected chi connectivity index (χ1v) is 15.2. The fourth-order valence-electron chi connectivity index (χ4n) is 4.91. The first-order chi connectivity index (χ1) is 18.7. The lowest BCUT2D eigenvalue weighted by Crippen LogP contribution is -2.64. The Balaban J connectivity index is 1.83. The summed E-state index contributed by atoms with van der Waals surface area (Å²) in [6.07, 6.45) is -1.70. The number of aliphatic hydroxyl groups excluding tert-OH is 1. The fraction of sp³-hybridized carbons (Fsp3) is 0.321. The quantitative estimate of drug-likeness (QED) is 0.214. The van der Waals surface area contributed by atoms with Crippen LogP contribution in [0.15, 0.2) is 54.6 Å². The van der Waals surface area contributed by atoms with Gasteiger partial charge in [-0.05, 0) is 53.1 Å². The second-order valence-corrected chi connectivity index (χ2v) is 13.4. The number of thioether (sulfide) groups is 1. The fourth-order valence-corrected chi connectivity index (χ4v) is 8.11. The van der Waals surface area contributed by atoms with Crippen molar-refractivity contribution in [3.63, 3.8) is 0 Å². The zero-order valence-electron chi connectivity index (χ0n) is 20.9. The van der Waals surface area contributed by atoms with Crippen molar-refractivity contribution < 1.29 is 24.9 Å². The molecule has 5 nitrogen and oxygen atoms in total. The number of aliphatic hydroxyl groups is 3. The van der Waals surface area contributed by atoms with Crippen molar-refractivity contribution in [2.75, 3.05) is 0 Å². The number of hydrogen-bond donors (Lipinski definition) is 3. The molecule has 0 spiro atoms. The Hall–Kier alpha value is -0.900. The number of hydrogen-bond acceptors (Lipinski definition) is 6. The summed E-state index contributed by atoms with van der Waals surface area (Å²) < 4.78 is 5.55. The highest BCUT2D eigenvalue weighted by Crippen LogP contribution is 2.54. The van der Waals surface area contributed by atoms with Crippen molar-refractivity contribution in [3.8, 4) is 0 Å². The average molecular weight is 685 g/mol. The number of halogens is 6. The molecule has 40 heavy (non-hydrogen) atoms. The first-order valence-electron chi connectivity index (χ1n) is 12.0. The largest absolute Gasteiger partial charge is 0.448 e. The van der Waals surface area contributed by atoms with Gasteiger partial charge in [-0.1, -0.05) is 87.8 Å². The van der Waals surface area contributed by atoms with E-state index < -0.39 is 34.0 Å². The molecule has 0 aromatic heterocycles. The third kappa shape index (κ3) is 6.68. The van der Waals surface area contributed by atoms with Gasteiger partial charge in [0.25, 0.3) is 0 Å². The monoisotopic (exact) mass is 682 g/mol. The number of benzene rings is 3. The molecule has 3 aromatic carbocycles. The molecule has 1 heterocycles. The zero-order chi connectivity index (χ0) is 29.4. The first kappa shape index (κ1) is 32.0. The summed E-state index contributed by atoms with van der Waals surface area (Å²) in [6.45, 7) is 1.20. The maximum Gasteiger partial charge on any atom is 0.303 e. The van der Waals surface area contributed by atoms with E-state index in [2.05, 4.69) is 0 Å². The number of carbonyl (C=O) groups is 1. The Morgan fingerprint density at radius 2 is 1.23 bits per heavy atom. The second kappa shape index (κ2) is 12.8. The van der Waals surface area contributed by atoms with Gasteiger partial charge in [0, 0.05) is 56.3 Å². The number of ether oxygens (including phenoxy) is 1. The van der Waals surface area contributed by atoms with E-state index in [4.69, 9.17) is 74.3 Å². The molecule has 0 radical (unpaired) electrons. The number of carbonyl (C=O) groups excluding carboxylic acids is 1. The molecule has 0 aliphatic carbocycles. The second-order valence-electron chi connectivity index (χ2n) is 9.68. The van der Waals surface area contributed by atoms with Crippen LogP contribution in [0.1, 0.15) is 23.6 Å². The molecule has 0 bridgehead atoms. The van der Waals surface area contributed by atoms with Crippen LogP contribution in [-0.2, 0) is 28.8 Å². The average Bonchev–Trinajstić information content (AvgIpc) is 3.06. The molecule has 1 unspecified atom stereocenters.